The quantitative estimate of drug-likeness (QED) is 0.499. The molecule has 7 nitrogen and oxygen atoms in total. The molecule has 1 aromatic heterocycles. The molecule has 1 unspecified atom stereocenters. The van der Waals surface area contributed by atoms with Crippen molar-refractivity contribution in [2.75, 3.05) is 25.2 Å². The highest BCUT2D eigenvalue weighted by Crippen LogP contribution is 2.15. The Balaban J connectivity index is 1.76. The van der Waals surface area contributed by atoms with Crippen molar-refractivity contribution >= 4 is 11.7 Å². The number of nitrogen functional groups attached to an aromatic ring is 1. The van der Waals surface area contributed by atoms with Gasteiger partial charge in [-0.25, -0.2) is 5.84 Å². The van der Waals surface area contributed by atoms with Gasteiger partial charge in [0.05, 0.1) is 0 Å². The van der Waals surface area contributed by atoms with Gasteiger partial charge >= 0.3 is 0 Å². The number of amides is 1. The van der Waals surface area contributed by atoms with Gasteiger partial charge in [-0.15, -0.1) is 10.2 Å². The van der Waals surface area contributed by atoms with Crippen LogP contribution in [0.25, 0.3) is 0 Å². The topological polar surface area (TPSA) is 102 Å². The summed E-state index contributed by atoms with van der Waals surface area (Å²) in [6, 6.07) is 3.18. The third-order valence-corrected chi connectivity index (χ3v) is 2.91. The zero-order valence-corrected chi connectivity index (χ0v) is 10.1. The lowest BCUT2D eigenvalue weighted by Gasteiger charge is -2.08. The van der Waals surface area contributed by atoms with Crippen molar-refractivity contribution in [3.05, 3.63) is 17.8 Å². The van der Waals surface area contributed by atoms with Crippen LogP contribution in [-0.2, 0) is 4.74 Å². The molecule has 2 rings (SSSR count). The number of nitrogens with two attached hydrogens (primary N) is 1. The number of nitrogens with zero attached hydrogens (tertiary/aromatic N) is 2. The molecule has 1 atom stereocenters. The minimum atomic E-state index is -0.218. The molecule has 1 aromatic rings. The van der Waals surface area contributed by atoms with Crippen molar-refractivity contribution in [2.45, 2.75) is 12.8 Å². The molecule has 2 heterocycles. The first-order chi connectivity index (χ1) is 8.79. The number of nitrogens with one attached hydrogen (secondary N) is 2. The molecule has 0 saturated carbocycles. The van der Waals surface area contributed by atoms with Crippen LogP contribution in [-0.4, -0.2) is 35.9 Å². The maximum absolute atomic E-state index is 11.7. The van der Waals surface area contributed by atoms with Gasteiger partial charge in [0.15, 0.2) is 11.5 Å². The lowest BCUT2D eigenvalue weighted by molar-refractivity contribution is 0.0944. The van der Waals surface area contributed by atoms with Crippen LogP contribution in [0, 0.1) is 5.92 Å². The van der Waals surface area contributed by atoms with E-state index in [2.05, 4.69) is 20.9 Å². The second-order valence-corrected chi connectivity index (χ2v) is 4.22. The molecule has 98 valence electrons. The summed E-state index contributed by atoms with van der Waals surface area (Å²) in [6.45, 7) is 2.26. The van der Waals surface area contributed by atoms with Gasteiger partial charge in [-0.1, -0.05) is 0 Å². The average molecular weight is 251 g/mol. The van der Waals surface area contributed by atoms with Gasteiger partial charge in [0.25, 0.3) is 5.91 Å². The maximum Gasteiger partial charge on any atom is 0.271 e. The SMILES string of the molecule is NNc1ccc(C(=O)NCCC2CCOC2)nn1. The summed E-state index contributed by atoms with van der Waals surface area (Å²) in [5.74, 6) is 5.92. The molecule has 0 radical (unpaired) electrons. The molecule has 7 heteroatoms. The van der Waals surface area contributed by atoms with E-state index < -0.39 is 0 Å². The monoisotopic (exact) mass is 251 g/mol. The molecular formula is C11H17N5O2. The van der Waals surface area contributed by atoms with Crippen molar-refractivity contribution in [2.24, 2.45) is 11.8 Å². The Morgan fingerprint density at radius 1 is 1.50 bits per heavy atom. The van der Waals surface area contributed by atoms with Crippen molar-refractivity contribution < 1.29 is 9.53 Å². The zero-order chi connectivity index (χ0) is 12.8. The highest BCUT2D eigenvalue weighted by atomic mass is 16.5. The summed E-state index contributed by atoms with van der Waals surface area (Å²) < 4.78 is 5.27. The second-order valence-electron chi connectivity index (χ2n) is 4.22. The fourth-order valence-corrected chi connectivity index (χ4v) is 1.82. The average Bonchev–Trinajstić information content (AvgIpc) is 2.92. The number of rotatable bonds is 5. The van der Waals surface area contributed by atoms with Crippen LogP contribution in [0.15, 0.2) is 12.1 Å². The third kappa shape index (κ3) is 3.38. The Bertz CT molecular complexity index is 389. The van der Waals surface area contributed by atoms with E-state index >= 15 is 0 Å². The van der Waals surface area contributed by atoms with Crippen LogP contribution in [0.1, 0.15) is 23.3 Å². The molecule has 1 amide bonds. The molecule has 1 aliphatic rings. The van der Waals surface area contributed by atoms with Crippen molar-refractivity contribution in [3.8, 4) is 0 Å². The van der Waals surface area contributed by atoms with Crippen molar-refractivity contribution in [1.29, 1.82) is 0 Å². The van der Waals surface area contributed by atoms with E-state index in [1.54, 1.807) is 12.1 Å². The number of carbonyl (C=O) groups excluding carboxylic acids is 1. The first-order valence-electron chi connectivity index (χ1n) is 5.96. The summed E-state index contributed by atoms with van der Waals surface area (Å²) in [5, 5.41) is 10.3. The van der Waals surface area contributed by atoms with Gasteiger partial charge < -0.3 is 15.5 Å². The lowest BCUT2D eigenvalue weighted by Crippen LogP contribution is -2.27. The van der Waals surface area contributed by atoms with E-state index in [9.17, 15) is 4.79 Å². The first kappa shape index (κ1) is 12.7. The van der Waals surface area contributed by atoms with Gasteiger partial charge in [0.2, 0.25) is 0 Å². The van der Waals surface area contributed by atoms with E-state index in [0.29, 0.717) is 18.3 Å². The Morgan fingerprint density at radius 3 is 3.00 bits per heavy atom. The second kappa shape index (κ2) is 6.27. The van der Waals surface area contributed by atoms with Crippen LogP contribution in [0.3, 0.4) is 0 Å². The fourth-order valence-electron chi connectivity index (χ4n) is 1.82. The summed E-state index contributed by atoms with van der Waals surface area (Å²) in [6.07, 6.45) is 2.01. The minimum Gasteiger partial charge on any atom is -0.381 e. The third-order valence-electron chi connectivity index (χ3n) is 2.91. The van der Waals surface area contributed by atoms with E-state index in [0.717, 1.165) is 26.1 Å². The lowest BCUT2D eigenvalue weighted by atomic mass is 10.1. The molecule has 0 bridgehead atoms. The number of aromatic nitrogens is 2. The Kier molecular flexibility index (Phi) is 4.43. The van der Waals surface area contributed by atoms with Crippen molar-refractivity contribution in [1.82, 2.24) is 15.5 Å². The largest absolute Gasteiger partial charge is 0.381 e. The summed E-state index contributed by atoms with van der Waals surface area (Å²) in [4.78, 5) is 11.7. The van der Waals surface area contributed by atoms with Crippen LogP contribution < -0.4 is 16.6 Å². The van der Waals surface area contributed by atoms with Gasteiger partial charge in [-0.3, -0.25) is 4.79 Å². The normalized spacial score (nSPS) is 18.6. The van der Waals surface area contributed by atoms with Gasteiger partial charge in [0.1, 0.15) is 0 Å². The van der Waals surface area contributed by atoms with E-state index in [1.165, 1.54) is 0 Å². The van der Waals surface area contributed by atoms with Gasteiger partial charge in [-0.2, -0.15) is 0 Å². The predicted molar refractivity (Wildman–Crippen MR) is 65.7 cm³/mol. The predicted octanol–water partition coefficient (Wildman–Crippen LogP) is -0.0814. The zero-order valence-electron chi connectivity index (χ0n) is 10.1. The number of carbonyl (C=O) groups is 1. The number of hydrogen-bond acceptors (Lipinski definition) is 6. The van der Waals surface area contributed by atoms with Crippen LogP contribution >= 0.6 is 0 Å². The summed E-state index contributed by atoms with van der Waals surface area (Å²) in [5.41, 5.74) is 2.64. The highest BCUT2D eigenvalue weighted by molar-refractivity contribution is 5.92. The number of hydrazine groups is 1. The Hall–Kier alpha value is -1.73. The molecule has 0 aromatic carbocycles. The smallest absolute Gasteiger partial charge is 0.271 e. The molecule has 18 heavy (non-hydrogen) atoms. The van der Waals surface area contributed by atoms with E-state index in [4.69, 9.17) is 10.6 Å². The minimum absolute atomic E-state index is 0.218. The summed E-state index contributed by atoms with van der Waals surface area (Å²) >= 11 is 0. The van der Waals surface area contributed by atoms with Gasteiger partial charge in [0, 0.05) is 19.8 Å². The van der Waals surface area contributed by atoms with Crippen LogP contribution in [0.4, 0.5) is 5.82 Å². The van der Waals surface area contributed by atoms with Gasteiger partial charge in [-0.05, 0) is 30.9 Å². The molecule has 1 fully saturated rings. The molecule has 0 aliphatic carbocycles. The Morgan fingerprint density at radius 2 is 2.39 bits per heavy atom. The van der Waals surface area contributed by atoms with Crippen LogP contribution in [0.2, 0.25) is 0 Å². The molecule has 0 spiro atoms. The standard InChI is InChI=1S/C11H17N5O2/c12-14-10-2-1-9(15-16-10)11(17)13-5-3-8-4-6-18-7-8/h1-2,8H,3-7,12H2,(H,13,17)(H,14,16). The maximum atomic E-state index is 11.7. The number of ether oxygens (including phenoxy) is 1. The molecule has 1 saturated heterocycles. The van der Waals surface area contributed by atoms with E-state index in [-0.39, 0.29) is 11.6 Å². The molecule has 1 aliphatic heterocycles. The summed E-state index contributed by atoms with van der Waals surface area (Å²) in [7, 11) is 0. The Labute approximate surface area is 105 Å². The number of hydrogen-bond donors (Lipinski definition) is 3. The van der Waals surface area contributed by atoms with Crippen molar-refractivity contribution in [3.63, 3.8) is 0 Å². The highest BCUT2D eigenvalue weighted by Gasteiger charge is 2.15. The van der Waals surface area contributed by atoms with E-state index in [1.807, 2.05) is 0 Å². The first-order valence-corrected chi connectivity index (χ1v) is 5.96. The molecular weight excluding hydrogens is 234 g/mol. The van der Waals surface area contributed by atoms with Crippen LogP contribution in [0.5, 0.6) is 0 Å². The fraction of sp³-hybridized carbons (Fsp3) is 0.545. The number of anilines is 1. The molecule has 4 N–H and O–H groups in total.